The lowest BCUT2D eigenvalue weighted by Gasteiger charge is -2.35. The van der Waals surface area contributed by atoms with E-state index in [4.69, 9.17) is 0 Å². The van der Waals surface area contributed by atoms with Gasteiger partial charge in [-0.15, -0.1) is 0 Å². The number of anilines is 4. The normalized spacial score (nSPS) is 20.1. The molecule has 0 radical (unpaired) electrons. The summed E-state index contributed by atoms with van der Waals surface area (Å²) in [6.45, 7) is 13.4. The summed E-state index contributed by atoms with van der Waals surface area (Å²) in [6.07, 6.45) is 15.1. The van der Waals surface area contributed by atoms with E-state index in [0.717, 1.165) is 19.3 Å². The predicted molar refractivity (Wildman–Crippen MR) is 193 cm³/mol. The van der Waals surface area contributed by atoms with Gasteiger partial charge in [0.15, 0.2) is 0 Å². The second-order valence-corrected chi connectivity index (χ2v) is 13.5. The predicted octanol–water partition coefficient (Wildman–Crippen LogP) is 11.8. The summed E-state index contributed by atoms with van der Waals surface area (Å²) in [5, 5.41) is 0. The van der Waals surface area contributed by atoms with Crippen molar-refractivity contribution in [1.82, 2.24) is 0 Å². The zero-order chi connectivity index (χ0) is 31.3. The molecule has 0 N–H and O–H groups in total. The highest BCUT2D eigenvalue weighted by molar-refractivity contribution is 5.80. The van der Waals surface area contributed by atoms with Gasteiger partial charge in [-0.25, -0.2) is 0 Å². The smallest absolute Gasteiger partial charge is 0.0709 e. The van der Waals surface area contributed by atoms with Crippen LogP contribution in [0.15, 0.2) is 132 Å². The molecule has 0 bridgehead atoms. The van der Waals surface area contributed by atoms with Gasteiger partial charge in [0.2, 0.25) is 0 Å². The van der Waals surface area contributed by atoms with Crippen molar-refractivity contribution < 1.29 is 0 Å². The van der Waals surface area contributed by atoms with Crippen molar-refractivity contribution >= 4 is 22.7 Å². The third-order valence-corrected chi connectivity index (χ3v) is 9.98. The Kier molecular flexibility index (Phi) is 7.40. The van der Waals surface area contributed by atoms with Gasteiger partial charge in [-0.1, -0.05) is 71.8 Å². The highest BCUT2D eigenvalue weighted by atomic mass is 15.3. The van der Waals surface area contributed by atoms with Gasteiger partial charge in [0.05, 0.1) is 5.54 Å². The van der Waals surface area contributed by atoms with E-state index in [1.807, 2.05) is 0 Å². The van der Waals surface area contributed by atoms with E-state index in [0.29, 0.717) is 5.92 Å². The number of aryl methyl sites for hydroxylation is 4. The molecule has 4 aromatic carbocycles. The third-order valence-electron chi connectivity index (χ3n) is 9.98. The van der Waals surface area contributed by atoms with Gasteiger partial charge in [0.25, 0.3) is 0 Å². The summed E-state index contributed by atoms with van der Waals surface area (Å²) in [5.74, 6) is 0.562. The van der Waals surface area contributed by atoms with E-state index in [2.05, 4.69) is 167 Å². The van der Waals surface area contributed by atoms with Crippen molar-refractivity contribution in [3.8, 4) is 11.1 Å². The maximum Gasteiger partial charge on any atom is 0.0709 e. The van der Waals surface area contributed by atoms with Gasteiger partial charge < -0.3 is 9.80 Å². The fourth-order valence-corrected chi connectivity index (χ4v) is 7.59. The Balaban J connectivity index is 1.26. The van der Waals surface area contributed by atoms with Crippen molar-refractivity contribution in [2.45, 2.75) is 66.3 Å². The van der Waals surface area contributed by atoms with Crippen LogP contribution in [0.25, 0.3) is 11.1 Å². The van der Waals surface area contributed by atoms with Crippen LogP contribution in [0, 0.1) is 33.6 Å². The van der Waals surface area contributed by atoms with E-state index < -0.39 is 0 Å². The molecule has 0 aliphatic heterocycles. The first-order chi connectivity index (χ1) is 21.7. The van der Waals surface area contributed by atoms with Gasteiger partial charge >= 0.3 is 0 Å². The van der Waals surface area contributed by atoms with E-state index in [-0.39, 0.29) is 5.54 Å². The summed E-state index contributed by atoms with van der Waals surface area (Å²) >= 11 is 0. The fraction of sp³-hybridized carbons (Fsp3) is 0.256. The molecule has 2 unspecified atom stereocenters. The number of hydrogen-bond donors (Lipinski definition) is 0. The highest BCUT2D eigenvalue weighted by Crippen LogP contribution is 2.59. The Bertz CT molecular complexity index is 1920. The van der Waals surface area contributed by atoms with Crippen molar-refractivity contribution in [2.24, 2.45) is 5.92 Å². The van der Waals surface area contributed by atoms with E-state index in [9.17, 15) is 0 Å². The number of nitrogens with zero attached hydrogens (tertiary/aromatic N) is 2. The lowest BCUT2D eigenvalue weighted by atomic mass is 9.94. The number of benzene rings is 4. The largest absolute Gasteiger partial charge is 0.331 e. The number of fused-ring (bicyclic) bond motifs is 1. The second kappa shape index (κ2) is 11.4. The molecule has 2 atom stereocenters. The second-order valence-electron chi connectivity index (χ2n) is 13.5. The summed E-state index contributed by atoms with van der Waals surface area (Å²) in [4.78, 5) is 5.01. The monoisotopic (exact) mass is 588 g/mol. The van der Waals surface area contributed by atoms with Crippen LogP contribution in [0.3, 0.4) is 0 Å². The molecule has 3 aliphatic carbocycles. The molecule has 0 heterocycles. The van der Waals surface area contributed by atoms with Gasteiger partial charge in [0, 0.05) is 34.4 Å². The molecule has 2 nitrogen and oxygen atoms in total. The van der Waals surface area contributed by atoms with E-state index in [1.54, 1.807) is 0 Å². The molecule has 45 heavy (non-hydrogen) atoms. The van der Waals surface area contributed by atoms with Crippen molar-refractivity contribution in [3.63, 3.8) is 0 Å². The average Bonchev–Trinajstić information content (AvgIpc) is 3.75. The Morgan fingerprint density at radius 1 is 0.667 bits per heavy atom. The van der Waals surface area contributed by atoms with Crippen molar-refractivity contribution in [1.29, 1.82) is 0 Å². The first-order valence-corrected chi connectivity index (χ1v) is 16.4. The Labute approximate surface area is 269 Å². The highest BCUT2D eigenvalue weighted by Gasteiger charge is 2.58. The number of rotatable bonds is 7. The van der Waals surface area contributed by atoms with Crippen LogP contribution in [-0.2, 0) is 0 Å². The van der Waals surface area contributed by atoms with Crippen LogP contribution in [0.1, 0.15) is 55.4 Å². The van der Waals surface area contributed by atoms with E-state index in [1.165, 1.54) is 73.0 Å². The molecular weight excluding hydrogens is 544 g/mol. The van der Waals surface area contributed by atoms with Gasteiger partial charge in [-0.3, -0.25) is 0 Å². The van der Waals surface area contributed by atoms with Gasteiger partial charge in [-0.05, 0) is 149 Å². The number of hydrogen-bond acceptors (Lipinski definition) is 2. The molecule has 3 aliphatic rings. The molecule has 1 saturated carbocycles. The minimum absolute atomic E-state index is 0.0119. The fourth-order valence-electron chi connectivity index (χ4n) is 7.59. The zero-order valence-corrected chi connectivity index (χ0v) is 27.6. The van der Waals surface area contributed by atoms with Crippen LogP contribution in [0.2, 0.25) is 0 Å². The zero-order valence-electron chi connectivity index (χ0n) is 27.6. The molecule has 0 saturated heterocycles. The van der Waals surface area contributed by atoms with Gasteiger partial charge in [0.1, 0.15) is 0 Å². The minimum Gasteiger partial charge on any atom is -0.331 e. The lowest BCUT2D eigenvalue weighted by molar-refractivity contribution is 0.731. The summed E-state index contributed by atoms with van der Waals surface area (Å²) in [6, 6.07) is 31.9. The summed E-state index contributed by atoms with van der Waals surface area (Å²) in [5.41, 5.74) is 16.8. The van der Waals surface area contributed by atoms with Crippen molar-refractivity contribution in [2.75, 3.05) is 9.80 Å². The maximum atomic E-state index is 2.59. The topological polar surface area (TPSA) is 6.48 Å². The molecule has 0 aromatic heterocycles. The SMILES string of the molecule is CC1=CC(N(c2cccc(C)c2)c2ccc(-c3ccc(N(c4cccc(C)c4)C45C=CC=C(C)C4C5)cc3C)c(C)c2)=CCC1. The molecule has 7 rings (SSSR count). The first kappa shape index (κ1) is 29.2. The molecule has 4 aromatic rings. The lowest BCUT2D eigenvalue weighted by Crippen LogP contribution is -2.34. The minimum atomic E-state index is 0.0119. The summed E-state index contributed by atoms with van der Waals surface area (Å²) < 4.78 is 0. The van der Waals surface area contributed by atoms with E-state index >= 15 is 0 Å². The first-order valence-electron chi connectivity index (χ1n) is 16.4. The quantitative estimate of drug-likeness (QED) is 0.212. The van der Waals surface area contributed by atoms with Crippen LogP contribution in [0.4, 0.5) is 22.7 Å². The Morgan fingerprint density at radius 3 is 1.93 bits per heavy atom. The number of allylic oxidation sites excluding steroid dienone is 5. The van der Waals surface area contributed by atoms with Gasteiger partial charge in [-0.2, -0.15) is 0 Å². The maximum absolute atomic E-state index is 2.59. The van der Waals surface area contributed by atoms with Crippen LogP contribution >= 0.6 is 0 Å². The standard InChI is InChI=1S/C43H44N2/c1-29-11-7-15-35(23-29)44(36-16-8-12-30(2)24-36)37-18-20-40(33(5)26-37)41-21-19-39(27-34(41)6)45(38-17-9-13-31(3)25-38)43-22-10-14-32(4)42(43)28-43/h7,9-11,13-27,42H,8,12,28H2,1-6H3. The molecule has 1 fully saturated rings. The van der Waals surface area contributed by atoms with Crippen LogP contribution in [-0.4, -0.2) is 5.54 Å². The molecule has 0 amide bonds. The summed E-state index contributed by atoms with van der Waals surface area (Å²) in [7, 11) is 0. The third kappa shape index (κ3) is 5.37. The van der Waals surface area contributed by atoms with Crippen LogP contribution in [0.5, 0.6) is 0 Å². The molecular formula is C43H44N2. The molecule has 226 valence electrons. The Morgan fingerprint density at radius 2 is 1.27 bits per heavy atom. The van der Waals surface area contributed by atoms with Crippen LogP contribution < -0.4 is 9.80 Å². The molecule has 2 heteroatoms. The molecule has 0 spiro atoms. The van der Waals surface area contributed by atoms with Crippen molar-refractivity contribution in [3.05, 3.63) is 154 Å². The average molecular weight is 589 g/mol. The Hall–Kier alpha value is -4.56.